The first-order valence-corrected chi connectivity index (χ1v) is 7.86. The molecule has 1 aromatic carbocycles. The minimum Gasteiger partial charge on any atom is -0.444 e. The van der Waals surface area contributed by atoms with Crippen LogP contribution in [-0.4, -0.2) is 24.8 Å². The first-order chi connectivity index (χ1) is 11.0. The number of halogens is 3. The highest BCUT2D eigenvalue weighted by Crippen LogP contribution is 2.29. The van der Waals surface area contributed by atoms with Crippen molar-refractivity contribution in [1.82, 2.24) is 10.6 Å². The lowest BCUT2D eigenvalue weighted by Gasteiger charge is -2.20. The number of hydrogen-bond acceptors (Lipinski definition) is 3. The largest absolute Gasteiger partial charge is 0.444 e. The average molecular weight is 346 g/mol. The summed E-state index contributed by atoms with van der Waals surface area (Å²) in [5.74, 6) is 0. The molecule has 0 spiro atoms. The molecule has 0 saturated carbocycles. The molecule has 1 atom stereocenters. The van der Waals surface area contributed by atoms with E-state index in [1.165, 1.54) is 12.1 Å². The van der Waals surface area contributed by atoms with E-state index in [0.29, 0.717) is 19.5 Å². The lowest BCUT2D eigenvalue weighted by atomic mass is 10.1. The van der Waals surface area contributed by atoms with E-state index in [9.17, 15) is 18.0 Å². The van der Waals surface area contributed by atoms with Crippen molar-refractivity contribution in [3.05, 3.63) is 35.4 Å². The van der Waals surface area contributed by atoms with Crippen LogP contribution >= 0.6 is 0 Å². The molecule has 0 radical (unpaired) electrons. The Morgan fingerprint density at radius 1 is 1.12 bits per heavy atom. The van der Waals surface area contributed by atoms with Gasteiger partial charge in [0.25, 0.3) is 0 Å². The Balaban J connectivity index is 2.29. The van der Waals surface area contributed by atoms with Crippen molar-refractivity contribution in [3.63, 3.8) is 0 Å². The van der Waals surface area contributed by atoms with Gasteiger partial charge in [-0.25, -0.2) is 4.79 Å². The zero-order valence-electron chi connectivity index (χ0n) is 14.5. The predicted molar refractivity (Wildman–Crippen MR) is 86.7 cm³/mol. The highest BCUT2D eigenvalue weighted by molar-refractivity contribution is 5.67. The summed E-state index contributed by atoms with van der Waals surface area (Å²) < 4.78 is 42.7. The maximum atomic E-state index is 12.5. The van der Waals surface area contributed by atoms with Gasteiger partial charge in [0, 0.05) is 12.6 Å². The molecule has 0 aliphatic rings. The van der Waals surface area contributed by atoms with Gasteiger partial charge >= 0.3 is 12.3 Å². The van der Waals surface area contributed by atoms with Crippen molar-refractivity contribution in [3.8, 4) is 0 Å². The number of alkyl halides is 3. The molecule has 2 N–H and O–H groups in total. The van der Waals surface area contributed by atoms with Gasteiger partial charge in [0.1, 0.15) is 5.60 Å². The summed E-state index contributed by atoms with van der Waals surface area (Å²) in [7, 11) is 0. The highest BCUT2D eigenvalue weighted by Gasteiger charge is 2.30. The molecular weight excluding hydrogens is 321 g/mol. The van der Waals surface area contributed by atoms with E-state index in [1.54, 1.807) is 20.8 Å². The highest BCUT2D eigenvalue weighted by atomic mass is 19.4. The molecule has 136 valence electrons. The van der Waals surface area contributed by atoms with Gasteiger partial charge in [-0.05, 0) is 58.4 Å². The molecule has 0 aliphatic carbocycles. The van der Waals surface area contributed by atoms with Gasteiger partial charge < -0.3 is 15.4 Å². The number of hydrogen-bond donors (Lipinski definition) is 2. The molecule has 1 unspecified atom stereocenters. The number of carbonyl (C=O) groups excluding carboxylic acids is 1. The van der Waals surface area contributed by atoms with E-state index >= 15 is 0 Å². The molecule has 7 heteroatoms. The standard InChI is InChI=1S/C17H25F3N2O2/c1-12(13-6-8-14(9-7-13)17(18,19)20)21-10-5-11-22-15(23)24-16(2,3)4/h6-9,12,21H,5,10-11H2,1-4H3,(H,22,23). The molecule has 1 amide bonds. The van der Waals surface area contributed by atoms with Gasteiger partial charge in [0.05, 0.1) is 5.56 Å². The third-order valence-corrected chi connectivity index (χ3v) is 3.21. The minimum atomic E-state index is -4.32. The summed E-state index contributed by atoms with van der Waals surface area (Å²) in [6.45, 7) is 8.34. The van der Waals surface area contributed by atoms with Crippen LogP contribution in [0.3, 0.4) is 0 Å². The van der Waals surface area contributed by atoms with Gasteiger partial charge in [-0.1, -0.05) is 12.1 Å². The van der Waals surface area contributed by atoms with Crippen molar-refractivity contribution < 1.29 is 22.7 Å². The van der Waals surface area contributed by atoms with Crippen LogP contribution in [0.25, 0.3) is 0 Å². The molecule has 4 nitrogen and oxygen atoms in total. The number of rotatable bonds is 6. The van der Waals surface area contributed by atoms with E-state index in [0.717, 1.165) is 17.7 Å². The van der Waals surface area contributed by atoms with Crippen molar-refractivity contribution in [2.24, 2.45) is 0 Å². The number of amides is 1. The fourth-order valence-electron chi connectivity index (χ4n) is 1.99. The molecule has 0 bridgehead atoms. The Morgan fingerprint density at radius 3 is 2.21 bits per heavy atom. The van der Waals surface area contributed by atoms with Gasteiger partial charge in [-0.15, -0.1) is 0 Å². The predicted octanol–water partition coefficient (Wildman–Crippen LogP) is 4.27. The van der Waals surface area contributed by atoms with E-state index in [-0.39, 0.29) is 6.04 Å². The molecule has 24 heavy (non-hydrogen) atoms. The number of nitrogens with one attached hydrogen (secondary N) is 2. The molecule has 1 aromatic rings. The first-order valence-electron chi connectivity index (χ1n) is 7.86. The third kappa shape index (κ3) is 7.68. The third-order valence-electron chi connectivity index (χ3n) is 3.21. The Hall–Kier alpha value is -1.76. The zero-order chi connectivity index (χ0) is 18.4. The Morgan fingerprint density at radius 2 is 1.71 bits per heavy atom. The molecule has 0 heterocycles. The lowest BCUT2D eigenvalue weighted by molar-refractivity contribution is -0.137. The van der Waals surface area contributed by atoms with Gasteiger partial charge in [0.15, 0.2) is 0 Å². The Kier molecular flexibility index (Phi) is 7.08. The summed E-state index contributed by atoms with van der Waals surface area (Å²) >= 11 is 0. The molecule has 0 saturated heterocycles. The average Bonchev–Trinajstić information content (AvgIpc) is 2.44. The van der Waals surface area contributed by atoms with Crippen LogP contribution in [0.15, 0.2) is 24.3 Å². The molecular formula is C17H25F3N2O2. The van der Waals surface area contributed by atoms with Crippen LogP contribution in [-0.2, 0) is 10.9 Å². The Bertz CT molecular complexity index is 522. The van der Waals surface area contributed by atoms with E-state index in [4.69, 9.17) is 4.74 Å². The number of alkyl carbamates (subject to hydrolysis) is 1. The zero-order valence-corrected chi connectivity index (χ0v) is 14.5. The van der Waals surface area contributed by atoms with Crippen LogP contribution in [0.5, 0.6) is 0 Å². The summed E-state index contributed by atoms with van der Waals surface area (Å²) in [6, 6.07) is 5.03. The van der Waals surface area contributed by atoms with E-state index < -0.39 is 23.4 Å². The van der Waals surface area contributed by atoms with Gasteiger partial charge in [-0.2, -0.15) is 13.2 Å². The van der Waals surface area contributed by atoms with Crippen LogP contribution in [0.4, 0.5) is 18.0 Å². The monoisotopic (exact) mass is 346 g/mol. The van der Waals surface area contributed by atoms with Crippen molar-refractivity contribution in [2.75, 3.05) is 13.1 Å². The topological polar surface area (TPSA) is 50.4 Å². The fourth-order valence-corrected chi connectivity index (χ4v) is 1.99. The first kappa shape index (κ1) is 20.3. The molecule has 1 rings (SSSR count). The second kappa shape index (κ2) is 8.37. The maximum Gasteiger partial charge on any atom is 0.416 e. The van der Waals surface area contributed by atoms with Crippen LogP contribution in [0.1, 0.15) is 51.3 Å². The molecule has 0 fully saturated rings. The van der Waals surface area contributed by atoms with Crippen LogP contribution in [0, 0.1) is 0 Å². The van der Waals surface area contributed by atoms with Crippen LogP contribution < -0.4 is 10.6 Å². The smallest absolute Gasteiger partial charge is 0.416 e. The Labute approximate surface area is 140 Å². The van der Waals surface area contributed by atoms with Gasteiger partial charge in [0.2, 0.25) is 0 Å². The van der Waals surface area contributed by atoms with E-state index in [1.807, 2.05) is 6.92 Å². The maximum absolute atomic E-state index is 12.5. The number of benzene rings is 1. The van der Waals surface area contributed by atoms with Crippen molar-refractivity contribution >= 4 is 6.09 Å². The van der Waals surface area contributed by atoms with Gasteiger partial charge in [-0.3, -0.25) is 0 Å². The van der Waals surface area contributed by atoms with E-state index in [2.05, 4.69) is 10.6 Å². The summed E-state index contributed by atoms with van der Waals surface area (Å²) in [5.41, 5.74) is -0.400. The second-order valence-corrected chi connectivity index (χ2v) is 6.58. The summed E-state index contributed by atoms with van der Waals surface area (Å²) in [4.78, 5) is 11.4. The molecule has 0 aliphatic heterocycles. The minimum absolute atomic E-state index is 0.0752. The fraction of sp³-hybridized carbons (Fsp3) is 0.588. The second-order valence-electron chi connectivity index (χ2n) is 6.58. The summed E-state index contributed by atoms with van der Waals surface area (Å²) in [5, 5.41) is 5.86. The summed E-state index contributed by atoms with van der Waals surface area (Å²) in [6.07, 6.45) is -4.09. The lowest BCUT2D eigenvalue weighted by Crippen LogP contribution is -2.34. The normalized spacial score (nSPS) is 13.5. The molecule has 0 aromatic heterocycles. The van der Waals surface area contributed by atoms with Crippen molar-refractivity contribution in [2.45, 2.75) is 51.9 Å². The number of carbonyl (C=O) groups is 1. The van der Waals surface area contributed by atoms with Crippen molar-refractivity contribution in [1.29, 1.82) is 0 Å². The van der Waals surface area contributed by atoms with Crippen LogP contribution in [0.2, 0.25) is 0 Å². The SMILES string of the molecule is CC(NCCCNC(=O)OC(C)(C)C)c1ccc(C(F)(F)F)cc1. The quantitative estimate of drug-likeness (QED) is 0.756. The number of ether oxygens (including phenoxy) is 1.